The summed E-state index contributed by atoms with van der Waals surface area (Å²) in [7, 11) is 0. The van der Waals surface area contributed by atoms with Crippen molar-refractivity contribution in [1.82, 2.24) is 9.78 Å². The Bertz CT molecular complexity index is 992. The molecule has 0 radical (unpaired) electrons. The van der Waals surface area contributed by atoms with E-state index in [0.29, 0.717) is 24.2 Å². The van der Waals surface area contributed by atoms with Gasteiger partial charge < -0.3 is 5.11 Å². The number of aliphatic hydroxyl groups is 1. The van der Waals surface area contributed by atoms with Crippen molar-refractivity contribution >= 4 is 5.78 Å². The standard InChI is InChI=1S/C21H20N2O3/c1-15(25)18-6-3-5-17(13-18)14-23-21(26)9-8-20(22-23)19-7-2-4-16(12-19)10-11-24/h2-9,12-13,24H,10-11,14H2,1H3. The lowest BCUT2D eigenvalue weighted by atomic mass is 10.1. The van der Waals surface area contributed by atoms with Crippen LogP contribution < -0.4 is 5.56 Å². The van der Waals surface area contributed by atoms with E-state index in [-0.39, 0.29) is 17.9 Å². The lowest BCUT2D eigenvalue weighted by molar-refractivity contribution is 0.101. The van der Waals surface area contributed by atoms with Gasteiger partial charge in [-0.2, -0.15) is 5.10 Å². The molecule has 26 heavy (non-hydrogen) atoms. The summed E-state index contributed by atoms with van der Waals surface area (Å²) in [5.41, 5.74) is 3.85. The quantitative estimate of drug-likeness (QED) is 0.695. The predicted molar refractivity (Wildman–Crippen MR) is 100 cm³/mol. The van der Waals surface area contributed by atoms with Crippen LogP contribution in [-0.2, 0) is 13.0 Å². The van der Waals surface area contributed by atoms with Crippen molar-refractivity contribution in [2.45, 2.75) is 19.9 Å². The van der Waals surface area contributed by atoms with Gasteiger partial charge in [-0.25, -0.2) is 4.68 Å². The lowest BCUT2D eigenvalue weighted by Gasteiger charge is -2.09. The molecule has 0 atom stereocenters. The molecule has 0 aliphatic rings. The highest BCUT2D eigenvalue weighted by atomic mass is 16.3. The molecule has 0 saturated heterocycles. The molecule has 2 aromatic carbocycles. The first-order valence-electron chi connectivity index (χ1n) is 8.45. The van der Waals surface area contributed by atoms with Crippen LogP contribution in [0.5, 0.6) is 0 Å². The second-order valence-corrected chi connectivity index (χ2v) is 6.15. The number of carbonyl (C=O) groups excluding carboxylic acids is 1. The number of rotatable bonds is 6. The number of carbonyl (C=O) groups is 1. The molecular weight excluding hydrogens is 328 g/mol. The van der Waals surface area contributed by atoms with Gasteiger partial charge in [-0.1, -0.05) is 36.4 Å². The van der Waals surface area contributed by atoms with Crippen LogP contribution in [-0.4, -0.2) is 27.3 Å². The van der Waals surface area contributed by atoms with Crippen LogP contribution in [0.3, 0.4) is 0 Å². The van der Waals surface area contributed by atoms with Gasteiger partial charge in [0.15, 0.2) is 5.78 Å². The first-order chi connectivity index (χ1) is 12.6. The molecule has 0 fully saturated rings. The second-order valence-electron chi connectivity index (χ2n) is 6.15. The number of benzene rings is 2. The van der Waals surface area contributed by atoms with E-state index in [9.17, 15) is 9.59 Å². The van der Waals surface area contributed by atoms with Crippen LogP contribution in [0.4, 0.5) is 0 Å². The van der Waals surface area contributed by atoms with Crippen molar-refractivity contribution in [2.24, 2.45) is 0 Å². The molecule has 1 aromatic heterocycles. The molecule has 3 aromatic rings. The second kappa shape index (κ2) is 7.89. The highest BCUT2D eigenvalue weighted by molar-refractivity contribution is 5.94. The fourth-order valence-electron chi connectivity index (χ4n) is 2.79. The molecule has 0 aliphatic heterocycles. The molecule has 0 bridgehead atoms. The van der Waals surface area contributed by atoms with Crippen LogP contribution >= 0.6 is 0 Å². The highest BCUT2D eigenvalue weighted by Gasteiger charge is 2.07. The van der Waals surface area contributed by atoms with Crippen LogP contribution in [0.25, 0.3) is 11.3 Å². The Labute approximate surface area is 151 Å². The van der Waals surface area contributed by atoms with Crippen LogP contribution in [0.15, 0.2) is 65.5 Å². The van der Waals surface area contributed by atoms with Crippen molar-refractivity contribution in [1.29, 1.82) is 0 Å². The van der Waals surface area contributed by atoms with Crippen molar-refractivity contribution < 1.29 is 9.90 Å². The van der Waals surface area contributed by atoms with E-state index < -0.39 is 0 Å². The van der Waals surface area contributed by atoms with Crippen LogP contribution in [0, 0.1) is 0 Å². The monoisotopic (exact) mass is 348 g/mol. The van der Waals surface area contributed by atoms with Gasteiger partial charge in [0.1, 0.15) is 0 Å². The van der Waals surface area contributed by atoms with Crippen LogP contribution in [0.1, 0.15) is 28.4 Å². The van der Waals surface area contributed by atoms with Crippen molar-refractivity contribution in [2.75, 3.05) is 6.61 Å². The average Bonchev–Trinajstić information content (AvgIpc) is 2.64. The van der Waals surface area contributed by atoms with Crippen molar-refractivity contribution in [3.8, 4) is 11.3 Å². The summed E-state index contributed by atoms with van der Waals surface area (Å²) in [4.78, 5) is 23.7. The zero-order valence-corrected chi connectivity index (χ0v) is 14.6. The minimum atomic E-state index is -0.200. The summed E-state index contributed by atoms with van der Waals surface area (Å²) < 4.78 is 1.40. The Morgan fingerprint density at radius 1 is 1.04 bits per heavy atom. The smallest absolute Gasteiger partial charge is 0.267 e. The van der Waals surface area contributed by atoms with E-state index in [2.05, 4.69) is 5.10 Å². The fourth-order valence-corrected chi connectivity index (χ4v) is 2.79. The Morgan fingerprint density at radius 3 is 2.58 bits per heavy atom. The third-order valence-electron chi connectivity index (χ3n) is 4.16. The molecule has 0 aliphatic carbocycles. The summed E-state index contributed by atoms with van der Waals surface area (Å²) in [6, 6.07) is 18.2. The number of hydrogen-bond donors (Lipinski definition) is 1. The zero-order chi connectivity index (χ0) is 18.5. The predicted octanol–water partition coefficient (Wildman–Crippen LogP) is 2.70. The lowest BCUT2D eigenvalue weighted by Crippen LogP contribution is -2.23. The Balaban J connectivity index is 1.93. The maximum atomic E-state index is 12.2. The highest BCUT2D eigenvalue weighted by Crippen LogP contribution is 2.17. The van der Waals surface area contributed by atoms with E-state index in [1.165, 1.54) is 17.7 Å². The number of nitrogens with zero attached hydrogens (tertiary/aromatic N) is 2. The minimum Gasteiger partial charge on any atom is -0.396 e. The molecular formula is C21H20N2O3. The largest absolute Gasteiger partial charge is 0.396 e. The average molecular weight is 348 g/mol. The molecule has 0 unspecified atom stereocenters. The first kappa shape index (κ1) is 17.8. The van der Waals surface area contributed by atoms with E-state index in [0.717, 1.165) is 16.7 Å². The van der Waals surface area contributed by atoms with Gasteiger partial charge in [-0.3, -0.25) is 9.59 Å². The molecule has 132 valence electrons. The summed E-state index contributed by atoms with van der Waals surface area (Å²) in [6.07, 6.45) is 0.575. The summed E-state index contributed by atoms with van der Waals surface area (Å²) in [5, 5.41) is 13.6. The van der Waals surface area contributed by atoms with Crippen molar-refractivity contribution in [3.63, 3.8) is 0 Å². The first-order valence-corrected chi connectivity index (χ1v) is 8.45. The summed E-state index contributed by atoms with van der Waals surface area (Å²) >= 11 is 0. The van der Waals surface area contributed by atoms with Gasteiger partial charge in [0.2, 0.25) is 0 Å². The number of aliphatic hydroxyl groups excluding tert-OH is 1. The number of hydrogen-bond acceptors (Lipinski definition) is 4. The fraction of sp³-hybridized carbons (Fsp3) is 0.190. The van der Waals surface area contributed by atoms with Gasteiger partial charge in [0, 0.05) is 23.8 Å². The van der Waals surface area contributed by atoms with Gasteiger partial charge in [-0.05, 0) is 42.7 Å². The molecule has 1 N–H and O–H groups in total. The van der Waals surface area contributed by atoms with E-state index >= 15 is 0 Å². The number of Topliss-reactive ketones (excluding diaryl/α,β-unsaturated/α-hetero) is 1. The van der Waals surface area contributed by atoms with Crippen molar-refractivity contribution in [3.05, 3.63) is 87.7 Å². The maximum absolute atomic E-state index is 12.2. The van der Waals surface area contributed by atoms with Crippen LogP contribution in [0.2, 0.25) is 0 Å². The molecule has 3 rings (SSSR count). The SMILES string of the molecule is CC(=O)c1cccc(Cn2nc(-c3cccc(CCO)c3)ccc2=O)c1. The Hall–Kier alpha value is -3.05. The molecule has 5 heteroatoms. The van der Waals surface area contributed by atoms with Gasteiger partial charge in [-0.15, -0.1) is 0 Å². The maximum Gasteiger partial charge on any atom is 0.267 e. The molecule has 0 saturated carbocycles. The molecule has 0 spiro atoms. The van der Waals surface area contributed by atoms with E-state index in [4.69, 9.17) is 5.11 Å². The molecule has 1 heterocycles. The molecule has 0 amide bonds. The zero-order valence-electron chi connectivity index (χ0n) is 14.6. The number of ketones is 1. The Morgan fingerprint density at radius 2 is 1.81 bits per heavy atom. The Kier molecular flexibility index (Phi) is 5.39. The minimum absolute atomic E-state index is 0.0124. The van der Waals surface area contributed by atoms with E-state index in [1.54, 1.807) is 24.3 Å². The van der Waals surface area contributed by atoms with Gasteiger partial charge >= 0.3 is 0 Å². The van der Waals surface area contributed by atoms with Gasteiger partial charge in [0.05, 0.1) is 12.2 Å². The normalized spacial score (nSPS) is 10.7. The third kappa shape index (κ3) is 4.13. The van der Waals surface area contributed by atoms with E-state index in [1.807, 2.05) is 30.3 Å². The molecule has 5 nitrogen and oxygen atoms in total. The summed E-state index contributed by atoms with van der Waals surface area (Å²) in [6.45, 7) is 1.90. The third-order valence-corrected chi connectivity index (χ3v) is 4.16. The number of aromatic nitrogens is 2. The summed E-state index contributed by atoms with van der Waals surface area (Å²) in [5.74, 6) is -0.0124. The van der Waals surface area contributed by atoms with Gasteiger partial charge in [0.25, 0.3) is 5.56 Å². The topological polar surface area (TPSA) is 72.2 Å².